The lowest BCUT2D eigenvalue weighted by molar-refractivity contribution is 0.0444. The number of rotatable bonds is 4. The molecule has 0 radical (unpaired) electrons. The van der Waals surface area contributed by atoms with Crippen molar-refractivity contribution in [2.75, 3.05) is 37.7 Å². The van der Waals surface area contributed by atoms with Crippen LogP contribution in [0.2, 0.25) is 0 Å². The number of H-pyrrole nitrogens is 1. The van der Waals surface area contributed by atoms with E-state index in [0.29, 0.717) is 30.6 Å². The van der Waals surface area contributed by atoms with E-state index in [9.17, 15) is 5.11 Å². The maximum absolute atomic E-state index is 10.4. The molecule has 0 aromatic carbocycles. The van der Waals surface area contributed by atoms with E-state index in [1.54, 1.807) is 6.33 Å². The second-order valence-corrected chi connectivity index (χ2v) is 8.66. The fourth-order valence-electron chi connectivity index (χ4n) is 5.10. The Kier molecular flexibility index (Phi) is 4.01. The predicted molar refractivity (Wildman–Crippen MR) is 102 cm³/mol. The zero-order valence-electron chi connectivity index (χ0n) is 15.9. The van der Waals surface area contributed by atoms with Crippen molar-refractivity contribution >= 4 is 17.1 Å². The van der Waals surface area contributed by atoms with Crippen LogP contribution in [0, 0.1) is 0 Å². The Bertz CT molecular complexity index is 825. The highest BCUT2D eigenvalue weighted by molar-refractivity contribution is 5.77. The molecule has 0 spiro atoms. The first-order valence-corrected chi connectivity index (χ1v) is 10.1. The standard InChI is InChI=1S/C19H28N6O2/c1-18(26)5-2-8-24(11-18)17-22-15-14(20-13-21-15)16(23-17)27-12-19-6-3-9-25(19)10-4-7-19/h13,26H,2-12H2,1H3,(H,20,21,22,23)/t18-/m1/s1. The van der Waals surface area contributed by atoms with Crippen molar-refractivity contribution < 1.29 is 9.84 Å². The molecule has 5 rings (SSSR count). The number of aromatic amines is 1. The Labute approximate surface area is 159 Å². The minimum absolute atomic E-state index is 0.173. The monoisotopic (exact) mass is 372 g/mol. The average molecular weight is 372 g/mol. The molecule has 1 atom stereocenters. The van der Waals surface area contributed by atoms with Crippen molar-refractivity contribution in [1.29, 1.82) is 0 Å². The number of anilines is 1. The molecule has 3 aliphatic rings. The number of ether oxygens (including phenoxy) is 1. The third kappa shape index (κ3) is 3.04. The van der Waals surface area contributed by atoms with Crippen LogP contribution >= 0.6 is 0 Å². The van der Waals surface area contributed by atoms with E-state index in [0.717, 1.165) is 24.9 Å². The highest BCUT2D eigenvalue weighted by Crippen LogP contribution is 2.39. The van der Waals surface area contributed by atoms with E-state index < -0.39 is 5.60 Å². The summed E-state index contributed by atoms with van der Waals surface area (Å²) in [7, 11) is 0. The summed E-state index contributed by atoms with van der Waals surface area (Å²) in [5.74, 6) is 1.17. The van der Waals surface area contributed by atoms with Crippen molar-refractivity contribution in [1.82, 2.24) is 24.8 Å². The first-order chi connectivity index (χ1) is 13.0. The van der Waals surface area contributed by atoms with Crippen LogP contribution < -0.4 is 9.64 Å². The van der Waals surface area contributed by atoms with Crippen molar-refractivity contribution in [3.05, 3.63) is 6.33 Å². The molecule has 5 heterocycles. The molecule has 8 heteroatoms. The molecule has 0 bridgehead atoms. The van der Waals surface area contributed by atoms with Gasteiger partial charge >= 0.3 is 0 Å². The lowest BCUT2D eigenvalue weighted by atomic mass is 9.95. The average Bonchev–Trinajstić information content (AvgIpc) is 3.33. The van der Waals surface area contributed by atoms with Gasteiger partial charge in [-0.25, -0.2) is 4.98 Å². The summed E-state index contributed by atoms with van der Waals surface area (Å²) >= 11 is 0. The van der Waals surface area contributed by atoms with Gasteiger partial charge in [0.2, 0.25) is 11.8 Å². The second kappa shape index (κ2) is 6.31. The number of piperidine rings is 1. The van der Waals surface area contributed by atoms with Crippen LogP contribution in [0.15, 0.2) is 6.33 Å². The molecule has 2 aromatic rings. The summed E-state index contributed by atoms with van der Waals surface area (Å²) in [6, 6.07) is 0. The fourth-order valence-corrected chi connectivity index (χ4v) is 5.10. The smallest absolute Gasteiger partial charge is 0.245 e. The van der Waals surface area contributed by atoms with E-state index in [-0.39, 0.29) is 5.54 Å². The topological polar surface area (TPSA) is 90.4 Å². The second-order valence-electron chi connectivity index (χ2n) is 8.66. The number of hydrogen-bond donors (Lipinski definition) is 2. The molecule has 3 fully saturated rings. The quantitative estimate of drug-likeness (QED) is 0.844. The Hall–Kier alpha value is -1.93. The van der Waals surface area contributed by atoms with Crippen LogP contribution in [0.4, 0.5) is 5.95 Å². The number of β-amino-alcohol motifs (C(OH)–C–C–N with tert-alkyl or cyclic N) is 1. The van der Waals surface area contributed by atoms with Crippen LogP contribution in [0.1, 0.15) is 45.4 Å². The molecule has 27 heavy (non-hydrogen) atoms. The van der Waals surface area contributed by atoms with Crippen LogP contribution in [-0.2, 0) is 0 Å². The Morgan fingerprint density at radius 1 is 1.15 bits per heavy atom. The fraction of sp³-hybridized carbons (Fsp3) is 0.737. The molecular formula is C19H28N6O2. The summed E-state index contributed by atoms with van der Waals surface area (Å²) in [5, 5.41) is 10.4. The maximum Gasteiger partial charge on any atom is 0.245 e. The predicted octanol–water partition coefficient (Wildman–Crippen LogP) is 1.71. The lowest BCUT2D eigenvalue weighted by Gasteiger charge is -2.36. The molecule has 0 aliphatic carbocycles. The number of fused-ring (bicyclic) bond motifs is 2. The van der Waals surface area contributed by atoms with Gasteiger partial charge in [0.1, 0.15) is 12.1 Å². The Balaban J connectivity index is 1.42. The number of imidazole rings is 1. The number of aromatic nitrogens is 4. The van der Waals surface area contributed by atoms with Gasteiger partial charge in [0.25, 0.3) is 0 Å². The van der Waals surface area contributed by atoms with Gasteiger partial charge in [-0.05, 0) is 58.5 Å². The van der Waals surface area contributed by atoms with Gasteiger partial charge in [-0.15, -0.1) is 0 Å². The van der Waals surface area contributed by atoms with E-state index in [2.05, 4.69) is 19.9 Å². The summed E-state index contributed by atoms with van der Waals surface area (Å²) in [6.45, 7) is 6.26. The Morgan fingerprint density at radius 3 is 2.70 bits per heavy atom. The molecule has 0 amide bonds. The normalized spacial score (nSPS) is 28.0. The number of hydrogen-bond acceptors (Lipinski definition) is 7. The third-order valence-corrected chi connectivity index (χ3v) is 6.49. The first-order valence-electron chi connectivity index (χ1n) is 10.1. The van der Waals surface area contributed by atoms with Gasteiger partial charge < -0.3 is 19.7 Å². The van der Waals surface area contributed by atoms with Crippen LogP contribution in [0.25, 0.3) is 11.2 Å². The minimum Gasteiger partial charge on any atom is -0.474 e. The number of nitrogens with one attached hydrogen (secondary N) is 1. The minimum atomic E-state index is -0.712. The highest BCUT2D eigenvalue weighted by atomic mass is 16.5. The maximum atomic E-state index is 10.4. The van der Waals surface area contributed by atoms with E-state index >= 15 is 0 Å². The van der Waals surface area contributed by atoms with Crippen molar-refractivity contribution in [2.45, 2.75) is 56.6 Å². The zero-order chi connectivity index (χ0) is 18.5. The van der Waals surface area contributed by atoms with Crippen LogP contribution in [0.3, 0.4) is 0 Å². The largest absolute Gasteiger partial charge is 0.474 e. The zero-order valence-corrected chi connectivity index (χ0v) is 15.9. The molecule has 0 unspecified atom stereocenters. The highest BCUT2D eigenvalue weighted by Gasteiger charge is 2.45. The van der Waals surface area contributed by atoms with Crippen molar-refractivity contribution in [2.24, 2.45) is 0 Å². The van der Waals surface area contributed by atoms with E-state index in [1.807, 2.05) is 11.8 Å². The van der Waals surface area contributed by atoms with E-state index in [4.69, 9.17) is 9.72 Å². The van der Waals surface area contributed by atoms with Crippen molar-refractivity contribution in [3.63, 3.8) is 0 Å². The summed E-state index contributed by atoms with van der Waals surface area (Å²) in [4.78, 5) is 21.4. The molecule has 8 nitrogen and oxygen atoms in total. The van der Waals surface area contributed by atoms with Crippen LogP contribution in [-0.4, -0.2) is 73.9 Å². The van der Waals surface area contributed by atoms with Gasteiger partial charge in [0.15, 0.2) is 5.65 Å². The van der Waals surface area contributed by atoms with Gasteiger partial charge in [0, 0.05) is 13.1 Å². The molecule has 3 saturated heterocycles. The molecule has 2 aromatic heterocycles. The molecule has 146 valence electrons. The SMILES string of the molecule is C[C@@]1(O)CCCN(c2nc(OCC34CCCN3CCC4)c3[nH]cnc3n2)C1. The Morgan fingerprint density at radius 2 is 1.93 bits per heavy atom. The van der Waals surface area contributed by atoms with Crippen LogP contribution in [0.5, 0.6) is 5.88 Å². The van der Waals surface area contributed by atoms with Gasteiger partial charge in [-0.2, -0.15) is 9.97 Å². The van der Waals surface area contributed by atoms with Gasteiger partial charge in [-0.1, -0.05) is 0 Å². The van der Waals surface area contributed by atoms with E-state index in [1.165, 1.54) is 38.8 Å². The summed E-state index contributed by atoms with van der Waals surface area (Å²) in [5.41, 5.74) is 0.830. The van der Waals surface area contributed by atoms with Gasteiger partial charge in [-0.3, -0.25) is 4.90 Å². The summed E-state index contributed by atoms with van der Waals surface area (Å²) < 4.78 is 6.30. The van der Waals surface area contributed by atoms with Crippen molar-refractivity contribution in [3.8, 4) is 5.88 Å². The molecular weight excluding hydrogens is 344 g/mol. The van der Waals surface area contributed by atoms with Gasteiger partial charge in [0.05, 0.1) is 17.5 Å². The lowest BCUT2D eigenvalue weighted by Crippen LogP contribution is -2.47. The third-order valence-electron chi connectivity index (χ3n) is 6.49. The number of nitrogens with zero attached hydrogens (tertiary/aromatic N) is 5. The first kappa shape index (κ1) is 17.2. The molecule has 0 saturated carbocycles. The molecule has 3 aliphatic heterocycles. The summed E-state index contributed by atoms with van der Waals surface area (Å²) in [6.07, 6.45) is 8.26. The molecule has 2 N–H and O–H groups in total. The number of aliphatic hydroxyl groups is 1.